The first kappa shape index (κ1) is 16.0. The van der Waals surface area contributed by atoms with Gasteiger partial charge in [0.25, 0.3) is 5.56 Å². The molecule has 21 heavy (non-hydrogen) atoms. The van der Waals surface area contributed by atoms with Gasteiger partial charge in [0.15, 0.2) is 0 Å². The van der Waals surface area contributed by atoms with Crippen LogP contribution in [0.25, 0.3) is 10.9 Å². The predicted molar refractivity (Wildman–Crippen MR) is 89.4 cm³/mol. The SMILES string of the molecule is Cc1cc(Cl)cc2nc(C(C)(C)C)n(C(C)(C)C)c(=O)c12. The highest BCUT2D eigenvalue weighted by atomic mass is 35.5. The van der Waals surface area contributed by atoms with Gasteiger partial charge in [0, 0.05) is 16.0 Å². The Hall–Kier alpha value is -1.35. The molecule has 4 heteroatoms. The summed E-state index contributed by atoms with van der Waals surface area (Å²) in [6, 6.07) is 3.59. The fourth-order valence-corrected chi connectivity index (χ4v) is 2.86. The number of hydrogen-bond donors (Lipinski definition) is 0. The molecule has 0 unspecified atom stereocenters. The van der Waals surface area contributed by atoms with E-state index < -0.39 is 0 Å². The van der Waals surface area contributed by atoms with Crippen molar-refractivity contribution in [2.24, 2.45) is 0 Å². The first-order chi connectivity index (χ1) is 9.43. The van der Waals surface area contributed by atoms with Gasteiger partial charge in [-0.15, -0.1) is 0 Å². The lowest BCUT2D eigenvalue weighted by molar-refractivity contribution is 0.338. The fraction of sp³-hybridized carbons (Fsp3) is 0.529. The van der Waals surface area contributed by atoms with Gasteiger partial charge in [-0.2, -0.15) is 0 Å². The Labute approximate surface area is 131 Å². The number of nitrogens with zero attached hydrogens (tertiary/aromatic N) is 2. The standard InChI is InChI=1S/C17H23ClN2O/c1-10-8-11(18)9-12-13(10)14(21)20(17(5,6)7)15(19-12)16(2,3)4/h8-9H,1-7H3. The highest BCUT2D eigenvalue weighted by Gasteiger charge is 2.28. The number of aromatic nitrogens is 2. The fourth-order valence-electron chi connectivity index (χ4n) is 2.59. The van der Waals surface area contributed by atoms with Crippen molar-refractivity contribution in [1.29, 1.82) is 0 Å². The number of rotatable bonds is 0. The highest BCUT2D eigenvalue weighted by Crippen LogP contribution is 2.28. The van der Waals surface area contributed by atoms with Gasteiger partial charge in [-0.1, -0.05) is 32.4 Å². The molecule has 2 aromatic rings. The molecule has 114 valence electrons. The molecule has 1 aromatic carbocycles. The van der Waals surface area contributed by atoms with Crippen LogP contribution in [0.3, 0.4) is 0 Å². The lowest BCUT2D eigenvalue weighted by Crippen LogP contribution is -2.41. The molecule has 0 radical (unpaired) electrons. The molecule has 0 N–H and O–H groups in total. The topological polar surface area (TPSA) is 34.9 Å². The minimum absolute atomic E-state index is 0.00610. The summed E-state index contributed by atoms with van der Waals surface area (Å²) in [5.41, 5.74) is 1.000. The maximum absolute atomic E-state index is 13.1. The lowest BCUT2D eigenvalue weighted by atomic mass is 9.92. The van der Waals surface area contributed by atoms with E-state index in [1.807, 2.05) is 38.3 Å². The van der Waals surface area contributed by atoms with Crippen LogP contribution < -0.4 is 5.56 Å². The Morgan fingerprint density at radius 3 is 2.14 bits per heavy atom. The van der Waals surface area contributed by atoms with Crippen molar-refractivity contribution >= 4 is 22.5 Å². The third-order valence-corrected chi connectivity index (χ3v) is 3.69. The Kier molecular flexibility index (Phi) is 3.69. The molecule has 0 aliphatic heterocycles. The molecule has 0 fully saturated rings. The molecule has 0 aliphatic rings. The molecule has 0 bridgehead atoms. The maximum atomic E-state index is 13.1. The van der Waals surface area contributed by atoms with Crippen LogP contribution in [0, 0.1) is 6.92 Å². The maximum Gasteiger partial charge on any atom is 0.262 e. The molecule has 0 spiro atoms. The van der Waals surface area contributed by atoms with Gasteiger partial charge in [-0.25, -0.2) is 4.98 Å². The third kappa shape index (κ3) is 2.84. The van der Waals surface area contributed by atoms with Crippen molar-refractivity contribution < 1.29 is 0 Å². The van der Waals surface area contributed by atoms with Crippen LogP contribution >= 0.6 is 11.6 Å². The van der Waals surface area contributed by atoms with E-state index in [1.54, 1.807) is 6.07 Å². The van der Waals surface area contributed by atoms with Crippen molar-refractivity contribution in [2.45, 2.75) is 59.4 Å². The zero-order valence-corrected chi connectivity index (χ0v) is 14.6. The van der Waals surface area contributed by atoms with Gasteiger partial charge in [-0.3, -0.25) is 9.36 Å². The minimum Gasteiger partial charge on any atom is -0.290 e. The van der Waals surface area contributed by atoms with Crippen LogP contribution in [0.15, 0.2) is 16.9 Å². The minimum atomic E-state index is -0.326. The van der Waals surface area contributed by atoms with Gasteiger partial charge < -0.3 is 0 Å². The van der Waals surface area contributed by atoms with Crippen LogP contribution in [0.1, 0.15) is 52.9 Å². The van der Waals surface area contributed by atoms with E-state index in [-0.39, 0.29) is 16.5 Å². The van der Waals surface area contributed by atoms with Gasteiger partial charge in [0.05, 0.1) is 10.9 Å². The largest absolute Gasteiger partial charge is 0.290 e. The first-order valence-corrected chi connectivity index (χ1v) is 7.54. The summed E-state index contributed by atoms with van der Waals surface area (Å²) in [6.07, 6.45) is 0. The predicted octanol–water partition coefficient (Wildman–Crippen LogP) is 4.41. The second kappa shape index (κ2) is 4.84. The van der Waals surface area contributed by atoms with Crippen molar-refractivity contribution in [1.82, 2.24) is 9.55 Å². The zero-order valence-electron chi connectivity index (χ0n) is 13.8. The van der Waals surface area contributed by atoms with E-state index >= 15 is 0 Å². The van der Waals surface area contributed by atoms with E-state index in [1.165, 1.54) is 0 Å². The normalized spacial score (nSPS) is 13.0. The Morgan fingerprint density at radius 2 is 1.67 bits per heavy atom. The van der Waals surface area contributed by atoms with Crippen LogP contribution in [0.2, 0.25) is 5.02 Å². The summed E-state index contributed by atoms with van der Waals surface area (Å²) >= 11 is 6.12. The Morgan fingerprint density at radius 1 is 1.10 bits per heavy atom. The summed E-state index contributed by atoms with van der Waals surface area (Å²) in [7, 11) is 0. The average molecular weight is 307 g/mol. The molecular formula is C17H23ClN2O. The molecular weight excluding hydrogens is 284 g/mol. The molecule has 1 aromatic heterocycles. The number of fused-ring (bicyclic) bond motifs is 1. The monoisotopic (exact) mass is 306 g/mol. The second-order valence-electron chi connectivity index (χ2n) is 7.61. The number of aryl methyl sites for hydroxylation is 1. The summed E-state index contributed by atoms with van der Waals surface area (Å²) in [4.78, 5) is 17.8. The number of halogens is 1. The van der Waals surface area contributed by atoms with Gasteiger partial charge in [-0.05, 0) is 45.4 Å². The van der Waals surface area contributed by atoms with Crippen molar-refractivity contribution in [3.63, 3.8) is 0 Å². The zero-order chi connectivity index (χ0) is 16.2. The molecule has 0 amide bonds. The molecule has 3 nitrogen and oxygen atoms in total. The van der Waals surface area contributed by atoms with Crippen LogP contribution in [0.4, 0.5) is 0 Å². The van der Waals surface area contributed by atoms with Gasteiger partial charge in [0.2, 0.25) is 0 Å². The highest BCUT2D eigenvalue weighted by molar-refractivity contribution is 6.31. The van der Waals surface area contributed by atoms with E-state index in [0.717, 1.165) is 11.4 Å². The lowest BCUT2D eigenvalue weighted by Gasteiger charge is -2.31. The Bertz CT molecular complexity index is 761. The quantitative estimate of drug-likeness (QED) is 0.722. The number of benzene rings is 1. The molecule has 2 rings (SSSR count). The van der Waals surface area contributed by atoms with E-state index in [4.69, 9.17) is 16.6 Å². The Balaban J connectivity index is 3.07. The second-order valence-corrected chi connectivity index (χ2v) is 8.05. The summed E-state index contributed by atoms with van der Waals surface area (Å²) in [6.45, 7) is 14.2. The van der Waals surface area contributed by atoms with Crippen LogP contribution in [-0.2, 0) is 11.0 Å². The molecule has 0 aliphatic carbocycles. The third-order valence-electron chi connectivity index (χ3n) is 3.48. The van der Waals surface area contributed by atoms with Gasteiger partial charge in [0.1, 0.15) is 5.82 Å². The molecule has 1 heterocycles. The van der Waals surface area contributed by atoms with Crippen molar-refractivity contribution in [3.8, 4) is 0 Å². The summed E-state index contributed by atoms with van der Waals surface area (Å²) < 4.78 is 1.82. The van der Waals surface area contributed by atoms with Gasteiger partial charge >= 0.3 is 0 Å². The molecule has 0 saturated heterocycles. The van der Waals surface area contributed by atoms with E-state index in [2.05, 4.69) is 20.8 Å². The molecule has 0 atom stereocenters. The summed E-state index contributed by atoms with van der Waals surface area (Å²) in [5, 5.41) is 1.27. The van der Waals surface area contributed by atoms with Crippen molar-refractivity contribution in [2.75, 3.05) is 0 Å². The summed E-state index contributed by atoms with van der Waals surface area (Å²) in [5.74, 6) is 0.786. The molecule has 0 saturated carbocycles. The number of hydrogen-bond acceptors (Lipinski definition) is 2. The van der Waals surface area contributed by atoms with E-state index in [9.17, 15) is 4.79 Å². The van der Waals surface area contributed by atoms with Crippen LogP contribution in [-0.4, -0.2) is 9.55 Å². The average Bonchev–Trinajstić information content (AvgIpc) is 2.23. The first-order valence-electron chi connectivity index (χ1n) is 7.17. The smallest absolute Gasteiger partial charge is 0.262 e. The van der Waals surface area contributed by atoms with Crippen LogP contribution in [0.5, 0.6) is 0 Å². The van der Waals surface area contributed by atoms with Crippen molar-refractivity contribution in [3.05, 3.63) is 38.9 Å². The van der Waals surface area contributed by atoms with E-state index in [0.29, 0.717) is 15.9 Å².